The maximum atomic E-state index is 10.9. The van der Waals surface area contributed by atoms with Crippen LogP contribution >= 0.6 is 0 Å². The molecule has 0 aromatic carbocycles. The summed E-state index contributed by atoms with van der Waals surface area (Å²) in [6.07, 6.45) is -5.27. The summed E-state index contributed by atoms with van der Waals surface area (Å²) in [5.74, 6) is 4.07. The van der Waals surface area contributed by atoms with E-state index in [1.807, 2.05) is 0 Å². The zero-order valence-electron chi connectivity index (χ0n) is 6.75. The zero-order chi connectivity index (χ0) is 10.0. The molecular weight excluding hydrogens is 180 g/mol. The Morgan fingerprint density at radius 3 is 2.54 bits per heavy atom. The molecule has 0 aromatic heterocycles. The third-order valence-corrected chi connectivity index (χ3v) is 1.90. The van der Waals surface area contributed by atoms with Gasteiger partial charge in [-0.2, -0.15) is 0 Å². The van der Waals surface area contributed by atoms with E-state index >= 15 is 0 Å². The number of carbonyl (C=O) groups excluding carboxylic acids is 1. The molecule has 1 rings (SSSR count). The molecule has 1 saturated heterocycles. The molecular formula is C6H12N2O5. The number of carbonyl (C=O) groups is 1. The van der Waals surface area contributed by atoms with Gasteiger partial charge in [0.2, 0.25) is 0 Å². The molecule has 1 unspecified atom stereocenters. The first-order valence-corrected chi connectivity index (χ1v) is 3.74. The minimum atomic E-state index is -1.47. The summed E-state index contributed by atoms with van der Waals surface area (Å²) in [5.41, 5.74) is 1.78. The molecule has 1 heterocycles. The fourth-order valence-electron chi connectivity index (χ4n) is 1.12. The number of aliphatic hydroxyl groups is 3. The van der Waals surface area contributed by atoms with Crippen molar-refractivity contribution in [3.63, 3.8) is 0 Å². The summed E-state index contributed by atoms with van der Waals surface area (Å²) in [4.78, 5) is 10.9. The number of hydrogen-bond donors (Lipinski definition) is 5. The van der Waals surface area contributed by atoms with Crippen LogP contribution < -0.4 is 11.3 Å². The molecule has 1 amide bonds. The number of hydrazine groups is 1. The van der Waals surface area contributed by atoms with Gasteiger partial charge < -0.3 is 20.1 Å². The SMILES string of the molecule is NNC(=O)[C@@H]1OC[C@@H](O)[C@H](O)C1O. The Hall–Kier alpha value is -0.730. The average Bonchev–Trinajstić information content (AvgIpc) is 2.13. The third kappa shape index (κ3) is 1.95. The lowest BCUT2D eigenvalue weighted by molar-refractivity contribution is -0.192. The van der Waals surface area contributed by atoms with Crippen LogP contribution in [0.25, 0.3) is 0 Å². The lowest BCUT2D eigenvalue weighted by Crippen LogP contribution is -2.58. The molecule has 0 spiro atoms. The van der Waals surface area contributed by atoms with Gasteiger partial charge in [-0.25, -0.2) is 5.84 Å². The maximum Gasteiger partial charge on any atom is 0.265 e. The van der Waals surface area contributed by atoms with E-state index in [1.54, 1.807) is 5.43 Å². The molecule has 1 fully saturated rings. The van der Waals surface area contributed by atoms with Crippen molar-refractivity contribution in [1.29, 1.82) is 0 Å². The molecule has 7 heteroatoms. The second kappa shape index (κ2) is 3.99. The summed E-state index contributed by atoms with van der Waals surface area (Å²) in [6.45, 7) is -0.212. The first-order valence-electron chi connectivity index (χ1n) is 3.74. The van der Waals surface area contributed by atoms with Gasteiger partial charge in [0.1, 0.15) is 18.3 Å². The quantitative estimate of drug-likeness (QED) is 0.166. The van der Waals surface area contributed by atoms with Crippen molar-refractivity contribution in [2.24, 2.45) is 5.84 Å². The van der Waals surface area contributed by atoms with Gasteiger partial charge in [-0.1, -0.05) is 0 Å². The lowest BCUT2D eigenvalue weighted by Gasteiger charge is -2.33. The number of amides is 1. The molecule has 76 valence electrons. The summed E-state index contributed by atoms with van der Waals surface area (Å²) >= 11 is 0. The van der Waals surface area contributed by atoms with Crippen molar-refractivity contribution in [2.75, 3.05) is 6.61 Å². The van der Waals surface area contributed by atoms with Crippen LogP contribution in [0.2, 0.25) is 0 Å². The minimum absolute atomic E-state index is 0.212. The molecule has 0 bridgehead atoms. The van der Waals surface area contributed by atoms with E-state index in [1.165, 1.54) is 0 Å². The smallest absolute Gasteiger partial charge is 0.265 e. The van der Waals surface area contributed by atoms with Crippen molar-refractivity contribution in [3.05, 3.63) is 0 Å². The number of nitrogens with two attached hydrogens (primary N) is 1. The van der Waals surface area contributed by atoms with Crippen molar-refractivity contribution in [3.8, 4) is 0 Å². The molecule has 4 atom stereocenters. The number of nitrogens with one attached hydrogen (secondary N) is 1. The summed E-state index contributed by atoms with van der Waals surface area (Å²) in [5, 5.41) is 27.4. The Morgan fingerprint density at radius 1 is 1.38 bits per heavy atom. The Morgan fingerprint density at radius 2 is 2.00 bits per heavy atom. The van der Waals surface area contributed by atoms with Gasteiger partial charge in [0.05, 0.1) is 6.61 Å². The van der Waals surface area contributed by atoms with Crippen molar-refractivity contribution in [2.45, 2.75) is 24.4 Å². The minimum Gasteiger partial charge on any atom is -0.388 e. The van der Waals surface area contributed by atoms with Crippen LogP contribution in [0.5, 0.6) is 0 Å². The molecule has 1 aliphatic heterocycles. The van der Waals surface area contributed by atoms with E-state index in [0.29, 0.717) is 0 Å². The topological polar surface area (TPSA) is 125 Å². The largest absolute Gasteiger partial charge is 0.388 e. The second-order valence-corrected chi connectivity index (χ2v) is 2.81. The summed E-state index contributed by atoms with van der Waals surface area (Å²) in [7, 11) is 0. The second-order valence-electron chi connectivity index (χ2n) is 2.81. The van der Waals surface area contributed by atoms with E-state index in [4.69, 9.17) is 20.8 Å². The first-order chi connectivity index (χ1) is 6.07. The highest BCUT2D eigenvalue weighted by molar-refractivity contribution is 5.81. The van der Waals surface area contributed by atoms with Crippen molar-refractivity contribution < 1.29 is 24.9 Å². The molecule has 7 nitrogen and oxygen atoms in total. The molecule has 6 N–H and O–H groups in total. The van der Waals surface area contributed by atoms with Gasteiger partial charge in [0.15, 0.2) is 6.10 Å². The van der Waals surface area contributed by atoms with Crippen LogP contribution in [-0.4, -0.2) is 52.2 Å². The van der Waals surface area contributed by atoms with Gasteiger partial charge in [-0.3, -0.25) is 10.2 Å². The molecule has 0 radical (unpaired) electrons. The Kier molecular flexibility index (Phi) is 3.17. The maximum absolute atomic E-state index is 10.9. The predicted molar refractivity (Wildman–Crippen MR) is 40.1 cm³/mol. The van der Waals surface area contributed by atoms with Crippen molar-refractivity contribution >= 4 is 5.91 Å². The van der Waals surface area contributed by atoms with Gasteiger partial charge in [0.25, 0.3) is 5.91 Å². The van der Waals surface area contributed by atoms with E-state index in [2.05, 4.69) is 0 Å². The average molecular weight is 192 g/mol. The molecule has 0 aromatic rings. The van der Waals surface area contributed by atoms with Gasteiger partial charge in [0, 0.05) is 0 Å². The molecule has 1 aliphatic rings. The number of rotatable bonds is 1. The Bertz CT molecular complexity index is 199. The van der Waals surface area contributed by atoms with E-state index in [9.17, 15) is 9.90 Å². The van der Waals surface area contributed by atoms with E-state index in [-0.39, 0.29) is 6.61 Å². The Labute approximate surface area is 74.1 Å². The van der Waals surface area contributed by atoms with Crippen LogP contribution in [0.15, 0.2) is 0 Å². The molecule has 13 heavy (non-hydrogen) atoms. The Balaban J connectivity index is 2.63. The van der Waals surface area contributed by atoms with Crippen molar-refractivity contribution in [1.82, 2.24) is 5.43 Å². The molecule has 0 aliphatic carbocycles. The first kappa shape index (κ1) is 10.4. The number of ether oxygens (including phenoxy) is 1. The van der Waals surface area contributed by atoms with Crippen LogP contribution in [-0.2, 0) is 9.53 Å². The fourth-order valence-corrected chi connectivity index (χ4v) is 1.12. The predicted octanol–water partition coefficient (Wildman–Crippen LogP) is -3.54. The van der Waals surface area contributed by atoms with Crippen LogP contribution in [0, 0.1) is 0 Å². The number of hydrogen-bond acceptors (Lipinski definition) is 6. The standard InChI is InChI=1S/C6H12N2O5/c7-8-6(12)5-4(11)3(10)2(9)1-13-5/h2-5,9-11H,1,7H2,(H,8,12)/t2-,3+,4?,5-/m1/s1. The fraction of sp³-hybridized carbons (Fsp3) is 0.833. The van der Waals surface area contributed by atoms with Crippen LogP contribution in [0.1, 0.15) is 0 Å². The van der Waals surface area contributed by atoms with Gasteiger partial charge in [-0.05, 0) is 0 Å². The lowest BCUT2D eigenvalue weighted by atomic mass is 10.00. The highest BCUT2D eigenvalue weighted by atomic mass is 16.5. The monoisotopic (exact) mass is 192 g/mol. The highest BCUT2D eigenvalue weighted by Gasteiger charge is 2.41. The summed E-state index contributed by atoms with van der Waals surface area (Å²) < 4.78 is 4.77. The van der Waals surface area contributed by atoms with Crippen LogP contribution in [0.4, 0.5) is 0 Å². The van der Waals surface area contributed by atoms with Crippen LogP contribution in [0.3, 0.4) is 0 Å². The highest BCUT2D eigenvalue weighted by Crippen LogP contribution is 2.15. The van der Waals surface area contributed by atoms with E-state index in [0.717, 1.165) is 0 Å². The van der Waals surface area contributed by atoms with Gasteiger partial charge >= 0.3 is 0 Å². The zero-order valence-corrected chi connectivity index (χ0v) is 6.75. The number of aliphatic hydroxyl groups excluding tert-OH is 3. The van der Waals surface area contributed by atoms with E-state index < -0.39 is 30.3 Å². The molecule has 0 saturated carbocycles. The normalized spacial score (nSPS) is 40.0. The van der Waals surface area contributed by atoms with Gasteiger partial charge in [-0.15, -0.1) is 0 Å². The summed E-state index contributed by atoms with van der Waals surface area (Å²) in [6, 6.07) is 0. The third-order valence-electron chi connectivity index (χ3n) is 1.90.